The van der Waals surface area contributed by atoms with Crippen LogP contribution in [0.3, 0.4) is 0 Å². The number of oxazole rings is 1. The van der Waals surface area contributed by atoms with E-state index in [0.717, 1.165) is 0 Å². The van der Waals surface area contributed by atoms with E-state index < -0.39 is 5.82 Å². The zero-order valence-corrected chi connectivity index (χ0v) is 12.9. The lowest BCUT2D eigenvalue weighted by Gasteiger charge is -2.00. The molecule has 0 saturated carbocycles. The number of hydrogen-bond donors (Lipinski definition) is 1. The molecule has 5 nitrogen and oxygen atoms in total. The van der Waals surface area contributed by atoms with Crippen molar-refractivity contribution in [1.82, 2.24) is 4.98 Å². The van der Waals surface area contributed by atoms with Crippen LogP contribution >= 0.6 is 11.6 Å². The van der Waals surface area contributed by atoms with E-state index in [0.29, 0.717) is 18.2 Å². The summed E-state index contributed by atoms with van der Waals surface area (Å²) < 4.78 is 19.0. The lowest BCUT2D eigenvalue weighted by molar-refractivity contribution is 0.466. The first-order valence-electron chi connectivity index (χ1n) is 6.64. The Labute approximate surface area is 132 Å². The summed E-state index contributed by atoms with van der Waals surface area (Å²) in [6.07, 6.45) is 1.84. The number of hydrazone groups is 1. The summed E-state index contributed by atoms with van der Waals surface area (Å²) in [5.74, 6) is 0.436. The third-order valence-corrected chi connectivity index (χ3v) is 3.05. The van der Waals surface area contributed by atoms with Gasteiger partial charge in [-0.05, 0) is 18.1 Å². The molecule has 0 aliphatic rings. The minimum absolute atomic E-state index is 0.104. The Morgan fingerprint density at radius 3 is 2.95 bits per heavy atom. The van der Waals surface area contributed by atoms with Crippen molar-refractivity contribution in [2.75, 3.05) is 5.43 Å². The number of nitrogens with one attached hydrogen (secondary N) is 1. The predicted molar refractivity (Wildman–Crippen MR) is 82.4 cm³/mol. The summed E-state index contributed by atoms with van der Waals surface area (Å²) in [6.45, 7) is 4.03. The van der Waals surface area contributed by atoms with Crippen molar-refractivity contribution in [3.63, 3.8) is 0 Å². The van der Waals surface area contributed by atoms with Gasteiger partial charge in [0, 0.05) is 12.0 Å². The molecule has 1 N–H and O–H groups in total. The lowest BCUT2D eigenvalue weighted by Crippen LogP contribution is -1.94. The number of nitriles is 1. The predicted octanol–water partition coefficient (Wildman–Crippen LogP) is 3.98. The van der Waals surface area contributed by atoms with Crippen molar-refractivity contribution in [2.24, 2.45) is 11.0 Å². The Kier molecular flexibility index (Phi) is 5.12. The average molecular weight is 321 g/mol. The topological polar surface area (TPSA) is 74.2 Å². The first-order chi connectivity index (χ1) is 10.5. The van der Waals surface area contributed by atoms with Crippen molar-refractivity contribution in [3.8, 4) is 6.07 Å². The molecule has 0 saturated heterocycles. The number of benzene rings is 1. The maximum atomic E-state index is 13.6. The van der Waals surface area contributed by atoms with Gasteiger partial charge in [-0.1, -0.05) is 31.5 Å². The minimum Gasteiger partial charge on any atom is -0.422 e. The number of anilines is 1. The van der Waals surface area contributed by atoms with Gasteiger partial charge in [0.15, 0.2) is 5.89 Å². The Morgan fingerprint density at radius 1 is 1.55 bits per heavy atom. The summed E-state index contributed by atoms with van der Waals surface area (Å²) in [4.78, 5) is 4.07. The third kappa shape index (κ3) is 3.83. The molecule has 1 aromatic carbocycles. The molecule has 0 bridgehead atoms. The van der Waals surface area contributed by atoms with Crippen molar-refractivity contribution < 1.29 is 8.81 Å². The van der Waals surface area contributed by atoms with Crippen molar-refractivity contribution >= 4 is 23.7 Å². The van der Waals surface area contributed by atoms with Gasteiger partial charge in [-0.3, -0.25) is 0 Å². The second-order valence-corrected chi connectivity index (χ2v) is 5.41. The monoisotopic (exact) mass is 320 g/mol. The molecule has 0 aliphatic carbocycles. The van der Waals surface area contributed by atoms with E-state index in [2.05, 4.69) is 15.5 Å². The lowest BCUT2D eigenvalue weighted by atomic mass is 10.1. The van der Waals surface area contributed by atoms with Gasteiger partial charge in [0.25, 0.3) is 5.88 Å². The van der Waals surface area contributed by atoms with Gasteiger partial charge in [-0.2, -0.15) is 10.4 Å². The Morgan fingerprint density at radius 2 is 2.32 bits per heavy atom. The Balaban J connectivity index is 2.16. The van der Waals surface area contributed by atoms with E-state index in [9.17, 15) is 4.39 Å². The Hall–Kier alpha value is -2.39. The SMILES string of the molecule is CC(C)Cc1nc(C#N)c(NN=Cc2c(F)cccc2Cl)o1. The molecule has 1 aromatic heterocycles. The summed E-state index contributed by atoms with van der Waals surface area (Å²) in [7, 11) is 0. The van der Waals surface area contributed by atoms with Crippen LogP contribution in [-0.4, -0.2) is 11.2 Å². The van der Waals surface area contributed by atoms with Crippen LogP contribution in [-0.2, 0) is 6.42 Å². The number of rotatable bonds is 5. The maximum absolute atomic E-state index is 13.6. The van der Waals surface area contributed by atoms with E-state index in [1.54, 1.807) is 6.07 Å². The third-order valence-electron chi connectivity index (χ3n) is 2.72. The summed E-state index contributed by atoms with van der Waals surface area (Å²) in [5.41, 5.74) is 2.81. The normalized spacial score (nSPS) is 11.1. The molecule has 0 amide bonds. The molecule has 114 valence electrons. The molecule has 0 radical (unpaired) electrons. The molecular weight excluding hydrogens is 307 g/mol. The highest BCUT2D eigenvalue weighted by Crippen LogP contribution is 2.20. The zero-order chi connectivity index (χ0) is 16.1. The highest BCUT2D eigenvalue weighted by Gasteiger charge is 2.13. The number of hydrogen-bond acceptors (Lipinski definition) is 5. The van der Waals surface area contributed by atoms with E-state index in [1.165, 1.54) is 18.3 Å². The average Bonchev–Trinajstić information content (AvgIpc) is 2.83. The van der Waals surface area contributed by atoms with Crippen LogP contribution in [0.2, 0.25) is 5.02 Å². The van der Waals surface area contributed by atoms with E-state index in [-0.39, 0.29) is 22.2 Å². The number of halogens is 2. The number of nitrogens with zero attached hydrogens (tertiary/aromatic N) is 3. The van der Waals surface area contributed by atoms with Gasteiger partial charge in [0.2, 0.25) is 5.69 Å². The fourth-order valence-corrected chi connectivity index (χ4v) is 1.95. The van der Waals surface area contributed by atoms with Crippen LogP contribution in [0.1, 0.15) is 31.0 Å². The summed E-state index contributed by atoms with van der Waals surface area (Å²) in [6, 6.07) is 6.26. The van der Waals surface area contributed by atoms with E-state index in [1.807, 2.05) is 19.9 Å². The van der Waals surface area contributed by atoms with Gasteiger partial charge in [-0.15, -0.1) is 0 Å². The van der Waals surface area contributed by atoms with Gasteiger partial charge < -0.3 is 4.42 Å². The molecule has 0 atom stereocenters. The number of aromatic nitrogens is 1. The highest BCUT2D eigenvalue weighted by atomic mass is 35.5. The van der Waals surface area contributed by atoms with Gasteiger partial charge in [0.1, 0.15) is 11.9 Å². The maximum Gasteiger partial charge on any atom is 0.252 e. The second-order valence-electron chi connectivity index (χ2n) is 5.00. The van der Waals surface area contributed by atoms with Crippen LogP contribution in [0, 0.1) is 23.1 Å². The van der Waals surface area contributed by atoms with Gasteiger partial charge in [0.05, 0.1) is 11.2 Å². The molecule has 0 fully saturated rings. The molecule has 0 aliphatic heterocycles. The van der Waals surface area contributed by atoms with Crippen LogP contribution in [0.5, 0.6) is 0 Å². The van der Waals surface area contributed by atoms with Crippen molar-refractivity contribution in [3.05, 3.63) is 46.2 Å². The zero-order valence-electron chi connectivity index (χ0n) is 12.1. The minimum atomic E-state index is -0.489. The van der Waals surface area contributed by atoms with Gasteiger partial charge >= 0.3 is 0 Å². The first kappa shape index (κ1) is 16.0. The molecule has 2 aromatic rings. The quantitative estimate of drug-likeness (QED) is 0.668. The van der Waals surface area contributed by atoms with Crippen LogP contribution < -0.4 is 5.43 Å². The molecule has 2 rings (SSSR count). The van der Waals surface area contributed by atoms with Crippen molar-refractivity contribution in [2.45, 2.75) is 20.3 Å². The van der Waals surface area contributed by atoms with Crippen LogP contribution in [0.15, 0.2) is 27.7 Å². The molecule has 1 heterocycles. The largest absolute Gasteiger partial charge is 0.422 e. The summed E-state index contributed by atoms with van der Waals surface area (Å²) in [5, 5.41) is 13.1. The second kappa shape index (κ2) is 7.05. The fourth-order valence-electron chi connectivity index (χ4n) is 1.74. The molecular formula is C15H14ClFN4O. The highest BCUT2D eigenvalue weighted by molar-refractivity contribution is 6.33. The van der Waals surface area contributed by atoms with Crippen LogP contribution in [0.25, 0.3) is 0 Å². The molecule has 0 spiro atoms. The molecule has 7 heteroatoms. The van der Waals surface area contributed by atoms with E-state index in [4.69, 9.17) is 21.3 Å². The summed E-state index contributed by atoms with van der Waals surface area (Å²) >= 11 is 5.88. The first-order valence-corrected chi connectivity index (χ1v) is 7.02. The standard InChI is InChI=1S/C15H14ClFN4O/c1-9(2)6-14-20-13(7-18)15(22-14)21-19-8-10-11(16)4-3-5-12(10)17/h3-5,8-9,21H,6H2,1-2H3. The molecule has 22 heavy (non-hydrogen) atoms. The smallest absolute Gasteiger partial charge is 0.252 e. The van der Waals surface area contributed by atoms with E-state index >= 15 is 0 Å². The molecule has 0 unspecified atom stereocenters. The van der Waals surface area contributed by atoms with Crippen molar-refractivity contribution in [1.29, 1.82) is 5.26 Å². The fraction of sp³-hybridized carbons (Fsp3) is 0.267. The Bertz CT molecular complexity index is 713. The van der Waals surface area contributed by atoms with Gasteiger partial charge in [-0.25, -0.2) is 14.8 Å². The van der Waals surface area contributed by atoms with Crippen LogP contribution in [0.4, 0.5) is 10.3 Å².